The van der Waals surface area contributed by atoms with Gasteiger partial charge in [0.1, 0.15) is 11.6 Å². The Morgan fingerprint density at radius 1 is 1.25 bits per heavy atom. The normalized spacial score (nSPS) is 22.9. The summed E-state index contributed by atoms with van der Waals surface area (Å²) >= 11 is 0. The van der Waals surface area contributed by atoms with E-state index in [9.17, 15) is 8.78 Å². The first kappa shape index (κ1) is 15.4. The van der Waals surface area contributed by atoms with Crippen LogP contribution in [0.25, 0.3) is 0 Å². The summed E-state index contributed by atoms with van der Waals surface area (Å²) in [5.74, 6) is -0.899. The van der Waals surface area contributed by atoms with E-state index in [1.807, 2.05) is 0 Å². The molecule has 0 radical (unpaired) electrons. The van der Waals surface area contributed by atoms with Crippen molar-refractivity contribution in [3.05, 3.63) is 35.4 Å². The van der Waals surface area contributed by atoms with Gasteiger partial charge >= 0.3 is 0 Å². The molecule has 0 saturated carbocycles. The van der Waals surface area contributed by atoms with E-state index in [1.54, 1.807) is 0 Å². The monoisotopic (exact) mass is 282 g/mol. The lowest BCUT2D eigenvalue weighted by atomic mass is 9.88. The van der Waals surface area contributed by atoms with Crippen LogP contribution in [-0.2, 0) is 6.54 Å². The summed E-state index contributed by atoms with van der Waals surface area (Å²) < 4.78 is 27.6. The molecule has 4 heteroatoms. The highest BCUT2D eigenvalue weighted by Crippen LogP contribution is 2.25. The van der Waals surface area contributed by atoms with Gasteiger partial charge in [0.2, 0.25) is 0 Å². The van der Waals surface area contributed by atoms with Gasteiger partial charge in [-0.3, -0.25) is 4.90 Å². The molecule has 1 atom stereocenters. The van der Waals surface area contributed by atoms with Crippen molar-refractivity contribution in [1.82, 2.24) is 10.2 Å². The molecule has 2 rings (SSSR count). The van der Waals surface area contributed by atoms with Gasteiger partial charge in [-0.05, 0) is 31.9 Å². The van der Waals surface area contributed by atoms with Crippen molar-refractivity contribution >= 4 is 0 Å². The van der Waals surface area contributed by atoms with Gasteiger partial charge < -0.3 is 5.32 Å². The predicted octanol–water partition coefficient (Wildman–Crippen LogP) is 3.32. The Hall–Kier alpha value is -1.00. The molecule has 0 spiro atoms. The lowest BCUT2D eigenvalue weighted by molar-refractivity contribution is 0.0727. The molecule has 1 N–H and O–H groups in total. The van der Waals surface area contributed by atoms with Crippen LogP contribution in [0.15, 0.2) is 18.2 Å². The Labute approximate surface area is 120 Å². The molecule has 1 saturated heterocycles. The van der Waals surface area contributed by atoms with Crippen LogP contribution in [0.2, 0.25) is 0 Å². The molecule has 1 aliphatic heterocycles. The number of hydrogen-bond donors (Lipinski definition) is 1. The standard InChI is InChI=1S/C16H24F2N2/c1-4-16(5-2)11-20(12(3)9-19-16)10-13-14(17)7-6-8-15(13)18/h6-8,12,19H,4-5,9-11H2,1-3H3. The van der Waals surface area contributed by atoms with Gasteiger partial charge in [0.05, 0.1) is 0 Å². The maximum absolute atomic E-state index is 13.8. The zero-order valence-corrected chi connectivity index (χ0v) is 12.5. The summed E-state index contributed by atoms with van der Waals surface area (Å²) in [6, 6.07) is 4.36. The van der Waals surface area contributed by atoms with Crippen LogP contribution in [0.5, 0.6) is 0 Å². The molecule has 0 aromatic heterocycles. The van der Waals surface area contributed by atoms with Crippen LogP contribution in [0.3, 0.4) is 0 Å². The quantitative estimate of drug-likeness (QED) is 0.911. The summed E-state index contributed by atoms with van der Waals surface area (Å²) in [6.45, 7) is 8.44. The van der Waals surface area contributed by atoms with Gasteiger partial charge in [-0.1, -0.05) is 19.9 Å². The van der Waals surface area contributed by atoms with E-state index in [-0.39, 0.29) is 17.1 Å². The van der Waals surface area contributed by atoms with Gasteiger partial charge in [-0.25, -0.2) is 8.78 Å². The molecule has 1 fully saturated rings. The second-order valence-corrected chi connectivity index (χ2v) is 5.82. The van der Waals surface area contributed by atoms with Gasteiger partial charge in [0, 0.05) is 36.8 Å². The Morgan fingerprint density at radius 3 is 2.40 bits per heavy atom. The fraction of sp³-hybridized carbons (Fsp3) is 0.625. The van der Waals surface area contributed by atoms with Crippen molar-refractivity contribution < 1.29 is 8.78 Å². The number of nitrogens with zero attached hydrogens (tertiary/aromatic N) is 1. The maximum Gasteiger partial charge on any atom is 0.130 e. The lowest BCUT2D eigenvalue weighted by Gasteiger charge is -2.46. The molecule has 0 bridgehead atoms. The molecular formula is C16H24F2N2. The minimum absolute atomic E-state index is 0.0637. The van der Waals surface area contributed by atoms with E-state index in [2.05, 4.69) is 31.0 Å². The topological polar surface area (TPSA) is 15.3 Å². The van der Waals surface area contributed by atoms with Crippen LogP contribution in [0.4, 0.5) is 8.78 Å². The van der Waals surface area contributed by atoms with E-state index in [0.717, 1.165) is 25.9 Å². The zero-order valence-electron chi connectivity index (χ0n) is 12.5. The molecule has 1 unspecified atom stereocenters. The van der Waals surface area contributed by atoms with Crippen molar-refractivity contribution in [3.8, 4) is 0 Å². The summed E-state index contributed by atoms with van der Waals surface area (Å²) in [6.07, 6.45) is 2.04. The van der Waals surface area contributed by atoms with Crippen LogP contribution >= 0.6 is 0 Å². The van der Waals surface area contributed by atoms with E-state index in [4.69, 9.17) is 0 Å². The largest absolute Gasteiger partial charge is 0.308 e. The zero-order chi connectivity index (χ0) is 14.8. The minimum atomic E-state index is -0.450. The predicted molar refractivity (Wildman–Crippen MR) is 77.5 cm³/mol. The van der Waals surface area contributed by atoms with E-state index in [1.165, 1.54) is 18.2 Å². The number of piperazine rings is 1. The first-order valence-corrected chi connectivity index (χ1v) is 7.43. The summed E-state index contributed by atoms with van der Waals surface area (Å²) in [5.41, 5.74) is 0.246. The summed E-state index contributed by atoms with van der Waals surface area (Å²) in [5, 5.41) is 3.60. The van der Waals surface area contributed by atoms with Crippen molar-refractivity contribution in [2.75, 3.05) is 13.1 Å². The number of rotatable bonds is 4. The molecule has 1 aromatic carbocycles. The fourth-order valence-electron chi connectivity index (χ4n) is 2.92. The Balaban J connectivity index is 2.18. The van der Waals surface area contributed by atoms with E-state index < -0.39 is 11.6 Å². The van der Waals surface area contributed by atoms with Crippen molar-refractivity contribution in [2.24, 2.45) is 0 Å². The highest BCUT2D eigenvalue weighted by Gasteiger charge is 2.35. The van der Waals surface area contributed by atoms with Gasteiger partial charge in [0.15, 0.2) is 0 Å². The van der Waals surface area contributed by atoms with E-state index >= 15 is 0 Å². The molecule has 1 heterocycles. The van der Waals surface area contributed by atoms with Crippen LogP contribution in [0, 0.1) is 11.6 Å². The molecule has 1 aliphatic rings. The van der Waals surface area contributed by atoms with Gasteiger partial charge in [-0.2, -0.15) is 0 Å². The number of hydrogen-bond acceptors (Lipinski definition) is 2. The van der Waals surface area contributed by atoms with Crippen LogP contribution in [-0.4, -0.2) is 29.6 Å². The van der Waals surface area contributed by atoms with Gasteiger partial charge in [-0.15, -0.1) is 0 Å². The average Bonchev–Trinajstić information content (AvgIpc) is 2.45. The summed E-state index contributed by atoms with van der Waals surface area (Å²) in [7, 11) is 0. The second-order valence-electron chi connectivity index (χ2n) is 5.82. The molecule has 112 valence electrons. The second kappa shape index (κ2) is 6.19. The Kier molecular flexibility index (Phi) is 4.76. The van der Waals surface area contributed by atoms with Gasteiger partial charge in [0.25, 0.3) is 0 Å². The minimum Gasteiger partial charge on any atom is -0.308 e. The summed E-state index contributed by atoms with van der Waals surface area (Å²) in [4.78, 5) is 2.19. The van der Waals surface area contributed by atoms with Crippen LogP contribution in [0.1, 0.15) is 39.2 Å². The van der Waals surface area contributed by atoms with Crippen molar-refractivity contribution in [3.63, 3.8) is 0 Å². The highest BCUT2D eigenvalue weighted by atomic mass is 19.1. The first-order chi connectivity index (χ1) is 9.51. The highest BCUT2D eigenvalue weighted by molar-refractivity contribution is 5.20. The molecule has 0 aliphatic carbocycles. The molecular weight excluding hydrogens is 258 g/mol. The number of nitrogens with one attached hydrogen (secondary N) is 1. The molecule has 20 heavy (non-hydrogen) atoms. The van der Waals surface area contributed by atoms with Crippen LogP contribution < -0.4 is 5.32 Å². The molecule has 1 aromatic rings. The lowest BCUT2D eigenvalue weighted by Crippen LogP contribution is -2.62. The molecule has 0 amide bonds. The fourth-order valence-corrected chi connectivity index (χ4v) is 2.92. The van der Waals surface area contributed by atoms with E-state index in [0.29, 0.717) is 6.54 Å². The number of benzene rings is 1. The first-order valence-electron chi connectivity index (χ1n) is 7.43. The average molecular weight is 282 g/mol. The third-order valence-corrected chi connectivity index (χ3v) is 4.68. The van der Waals surface area contributed by atoms with Crippen molar-refractivity contribution in [1.29, 1.82) is 0 Å². The molecule has 2 nitrogen and oxygen atoms in total. The Bertz CT molecular complexity index is 438. The number of halogens is 2. The Morgan fingerprint density at radius 2 is 1.85 bits per heavy atom. The smallest absolute Gasteiger partial charge is 0.130 e. The maximum atomic E-state index is 13.8. The van der Waals surface area contributed by atoms with Crippen molar-refractivity contribution in [2.45, 2.75) is 51.7 Å². The third kappa shape index (κ3) is 3.01. The third-order valence-electron chi connectivity index (χ3n) is 4.68. The SMILES string of the molecule is CCC1(CC)CN(Cc2c(F)cccc2F)C(C)CN1.